The molecular weight excluding hydrogens is 299 g/mol. The standard InChI is InChI=1S/C8H22N2Si2.2ClH.Ti/c1-11(2,3)9-7-8-10-12(4,5)6;;;/h7-8H2,1-6H3;2*1H;/q-2;;;+2/p-2. The van der Waals surface area contributed by atoms with Crippen LogP contribution in [0.5, 0.6) is 0 Å². The first kappa shape index (κ1) is 19.0. The molecule has 0 amide bonds. The molecule has 0 saturated carbocycles. The second kappa shape index (κ2) is 9.66. The Morgan fingerprint density at radius 3 is 1.13 bits per heavy atom. The quantitative estimate of drug-likeness (QED) is 0.515. The summed E-state index contributed by atoms with van der Waals surface area (Å²) in [5, 5.41) is 0. The average molecular weight is 321 g/mol. The van der Waals surface area contributed by atoms with Crippen LogP contribution in [0.2, 0.25) is 39.3 Å². The van der Waals surface area contributed by atoms with Crippen LogP contribution in [0.3, 0.4) is 0 Å². The first-order valence-corrected chi connectivity index (χ1v) is 16.1. The summed E-state index contributed by atoms with van der Waals surface area (Å²) in [6, 6.07) is 0. The van der Waals surface area contributed by atoms with E-state index >= 15 is 0 Å². The zero-order valence-electron chi connectivity index (χ0n) is 10.6. The maximum atomic E-state index is 4.89. The normalized spacial score (nSPS) is 11.7. The molecule has 92 valence electrons. The Morgan fingerprint density at radius 1 is 0.800 bits per heavy atom. The molecule has 0 aliphatic carbocycles. The van der Waals surface area contributed by atoms with E-state index < -0.39 is 33.5 Å². The predicted molar refractivity (Wildman–Crippen MR) is 74.9 cm³/mol. The Bertz CT molecular complexity index is 133. The minimum absolute atomic E-state index is 0.556. The van der Waals surface area contributed by atoms with Gasteiger partial charge in [-0.25, -0.2) is 0 Å². The number of hydrogen-bond acceptors (Lipinski definition) is 0. The van der Waals surface area contributed by atoms with Gasteiger partial charge >= 0.3 is 35.6 Å². The molecule has 7 heteroatoms. The van der Waals surface area contributed by atoms with Crippen LogP contribution in [0, 0.1) is 0 Å². The van der Waals surface area contributed by atoms with Crippen LogP contribution >= 0.6 is 18.6 Å². The summed E-state index contributed by atoms with van der Waals surface area (Å²) in [5.74, 6) is 0. The van der Waals surface area contributed by atoms with E-state index in [1.807, 2.05) is 0 Å². The van der Waals surface area contributed by atoms with Crippen molar-refractivity contribution < 1.29 is 17.0 Å². The van der Waals surface area contributed by atoms with Gasteiger partial charge in [-0.2, -0.15) is 13.1 Å². The van der Waals surface area contributed by atoms with E-state index in [0.717, 1.165) is 13.1 Å². The van der Waals surface area contributed by atoms with Crippen molar-refractivity contribution in [3.05, 3.63) is 9.96 Å². The van der Waals surface area contributed by atoms with E-state index in [2.05, 4.69) is 49.2 Å². The van der Waals surface area contributed by atoms with E-state index in [9.17, 15) is 0 Å². The fraction of sp³-hybridized carbons (Fsp3) is 1.00. The summed E-state index contributed by atoms with van der Waals surface area (Å²) < 4.78 is 0. The third-order valence-corrected chi connectivity index (χ3v) is 3.62. The third-order valence-electron chi connectivity index (χ3n) is 1.27. The summed E-state index contributed by atoms with van der Waals surface area (Å²) in [5.41, 5.74) is 0. The van der Waals surface area contributed by atoms with Gasteiger partial charge in [0.05, 0.1) is 0 Å². The number of halogens is 2. The molecule has 0 atom stereocenters. The molecule has 15 heavy (non-hydrogen) atoms. The van der Waals surface area contributed by atoms with Gasteiger partial charge in [-0.1, -0.05) is 55.8 Å². The summed E-state index contributed by atoms with van der Waals surface area (Å²) >= 11 is -0.556. The molecule has 0 aromatic carbocycles. The van der Waals surface area contributed by atoms with Crippen molar-refractivity contribution in [3.63, 3.8) is 0 Å². The van der Waals surface area contributed by atoms with Crippen molar-refractivity contribution >= 4 is 35.1 Å². The molecule has 0 fully saturated rings. The Labute approximate surface area is 114 Å². The van der Waals surface area contributed by atoms with Crippen LogP contribution in [-0.2, 0) is 17.0 Å². The van der Waals surface area contributed by atoms with E-state index in [0.29, 0.717) is 0 Å². The van der Waals surface area contributed by atoms with Crippen LogP contribution in [0.4, 0.5) is 0 Å². The first-order valence-electron chi connectivity index (χ1n) is 4.96. The van der Waals surface area contributed by atoms with Gasteiger partial charge in [-0.3, -0.25) is 0 Å². The molecule has 0 aliphatic rings. The van der Waals surface area contributed by atoms with Gasteiger partial charge in [-0.15, -0.1) is 0 Å². The molecule has 0 rings (SSSR count). The predicted octanol–water partition coefficient (Wildman–Crippen LogP) is 4.78. The van der Waals surface area contributed by atoms with Crippen molar-refractivity contribution in [2.45, 2.75) is 39.3 Å². The third kappa shape index (κ3) is 25.7. The average Bonchev–Trinajstić information content (AvgIpc) is 1.96. The number of rotatable bonds is 5. The van der Waals surface area contributed by atoms with Crippen molar-refractivity contribution in [3.8, 4) is 0 Å². The van der Waals surface area contributed by atoms with E-state index in [1.165, 1.54) is 0 Å². The van der Waals surface area contributed by atoms with Crippen LogP contribution in [-0.4, -0.2) is 29.6 Å². The van der Waals surface area contributed by atoms with Crippen LogP contribution in [0.25, 0.3) is 9.96 Å². The van der Waals surface area contributed by atoms with Crippen molar-refractivity contribution in [1.29, 1.82) is 0 Å². The molecule has 0 aromatic rings. The van der Waals surface area contributed by atoms with Gasteiger partial charge < -0.3 is 9.96 Å². The van der Waals surface area contributed by atoms with E-state index in [1.54, 1.807) is 0 Å². The maximum absolute atomic E-state index is 4.89. The van der Waals surface area contributed by atoms with E-state index in [4.69, 9.17) is 18.6 Å². The fourth-order valence-corrected chi connectivity index (χ4v) is 2.31. The van der Waals surface area contributed by atoms with Crippen LogP contribution in [0.15, 0.2) is 0 Å². The molecular formula is C8H22Cl2N2Si2Ti-2. The Hall–Kier alpha value is 1.65. The molecule has 0 radical (unpaired) electrons. The molecule has 0 aromatic heterocycles. The second-order valence-electron chi connectivity index (χ2n) is 5.18. The molecule has 0 saturated heterocycles. The molecule has 0 spiro atoms. The van der Waals surface area contributed by atoms with Crippen LogP contribution < -0.4 is 0 Å². The summed E-state index contributed by atoms with van der Waals surface area (Å²) in [7, 11) is 7.43. The fourth-order valence-electron chi connectivity index (χ4n) is 0.771. The molecule has 0 N–H and O–H groups in total. The molecule has 0 bridgehead atoms. The van der Waals surface area contributed by atoms with E-state index in [-0.39, 0.29) is 0 Å². The molecule has 0 heterocycles. The Kier molecular flexibility index (Phi) is 12.2. The molecule has 0 aliphatic heterocycles. The van der Waals surface area contributed by atoms with Crippen molar-refractivity contribution in [2.75, 3.05) is 13.1 Å². The topological polar surface area (TPSA) is 28.2 Å². The molecule has 0 unspecified atom stereocenters. The van der Waals surface area contributed by atoms with Gasteiger partial charge in [-0.05, 0) is 0 Å². The summed E-state index contributed by atoms with van der Waals surface area (Å²) in [6.45, 7) is 15.5. The van der Waals surface area contributed by atoms with Gasteiger partial charge in [0.25, 0.3) is 0 Å². The van der Waals surface area contributed by atoms with Gasteiger partial charge in [0.1, 0.15) is 0 Å². The number of nitrogens with zero attached hydrogens (tertiary/aromatic N) is 2. The van der Waals surface area contributed by atoms with Crippen molar-refractivity contribution in [2.24, 2.45) is 0 Å². The minimum atomic E-state index is -1.17. The Balaban J connectivity index is 0. The zero-order chi connectivity index (χ0) is 12.5. The summed E-state index contributed by atoms with van der Waals surface area (Å²) in [4.78, 5) is 9.25. The summed E-state index contributed by atoms with van der Waals surface area (Å²) in [6.07, 6.45) is 0. The zero-order valence-corrected chi connectivity index (χ0v) is 15.6. The number of hydrogen-bond donors (Lipinski definition) is 0. The van der Waals surface area contributed by atoms with Crippen molar-refractivity contribution in [1.82, 2.24) is 0 Å². The second-order valence-corrected chi connectivity index (χ2v) is 17.1. The SMILES string of the molecule is C[Si](C)(C)[N-]CC[N-][Si](C)(C)C.[Cl][Ti][Cl]. The monoisotopic (exact) mass is 320 g/mol. The van der Waals surface area contributed by atoms with Gasteiger partial charge in [0, 0.05) is 0 Å². The van der Waals surface area contributed by atoms with Crippen LogP contribution in [0.1, 0.15) is 0 Å². The van der Waals surface area contributed by atoms with Gasteiger partial charge in [0.15, 0.2) is 0 Å². The Morgan fingerprint density at radius 2 is 1.00 bits per heavy atom. The van der Waals surface area contributed by atoms with Gasteiger partial charge in [0.2, 0.25) is 0 Å². The molecule has 2 nitrogen and oxygen atoms in total. The first-order chi connectivity index (χ1) is 6.62.